The van der Waals surface area contributed by atoms with E-state index in [-0.39, 0.29) is 12.5 Å². The van der Waals surface area contributed by atoms with Crippen molar-refractivity contribution in [1.82, 2.24) is 15.0 Å². The normalized spacial score (nSPS) is 14.9. The molecule has 0 bridgehead atoms. The van der Waals surface area contributed by atoms with Gasteiger partial charge in [0.05, 0.1) is 25.6 Å². The van der Waals surface area contributed by atoms with Gasteiger partial charge in [-0.2, -0.15) is 0 Å². The van der Waals surface area contributed by atoms with Gasteiger partial charge in [-0.15, -0.1) is 22.7 Å². The molecule has 1 fully saturated rings. The van der Waals surface area contributed by atoms with Gasteiger partial charge >= 0.3 is 0 Å². The Bertz CT molecular complexity index is 1380. The number of halogens is 2. The third kappa shape index (κ3) is 5.64. The predicted molar refractivity (Wildman–Crippen MR) is 144 cm³/mol. The Balaban J connectivity index is 1.15. The molecule has 0 N–H and O–H groups in total. The Hall–Kier alpha value is -2.72. The van der Waals surface area contributed by atoms with Crippen molar-refractivity contribution in [2.24, 2.45) is 5.16 Å². The molecule has 1 saturated heterocycles. The molecule has 3 aromatic heterocycles. The monoisotopic (exact) mass is 560 g/mol. The molecule has 1 amide bonds. The number of thiophene rings is 1. The fourth-order valence-corrected chi connectivity index (χ4v) is 5.90. The Morgan fingerprint density at radius 3 is 2.75 bits per heavy atom. The summed E-state index contributed by atoms with van der Waals surface area (Å²) in [4.78, 5) is 25.5. The maximum Gasteiger partial charge on any atom is 0.263 e. The predicted octanol–water partition coefficient (Wildman–Crippen LogP) is 6.98. The number of benzene rings is 1. The highest BCUT2D eigenvalue weighted by Gasteiger charge is 2.26. The zero-order valence-corrected chi connectivity index (χ0v) is 22.5. The molecule has 0 radical (unpaired) electrons. The first-order chi connectivity index (χ1) is 17.5. The smallest absolute Gasteiger partial charge is 0.263 e. The molecule has 7 nitrogen and oxygen atoms in total. The molecule has 4 aromatic rings. The van der Waals surface area contributed by atoms with Crippen LogP contribution >= 0.6 is 45.9 Å². The largest absolute Gasteiger partial charge is 0.385 e. The van der Waals surface area contributed by atoms with E-state index in [1.165, 1.54) is 0 Å². The third-order valence-corrected chi connectivity index (χ3v) is 8.69. The Kier molecular flexibility index (Phi) is 7.71. The second-order valence-corrected chi connectivity index (χ2v) is 11.0. The van der Waals surface area contributed by atoms with Crippen LogP contribution in [0.15, 0.2) is 56.8 Å². The number of aromatic nitrogens is 2. The first-order valence-corrected chi connectivity index (χ1v) is 13.9. The van der Waals surface area contributed by atoms with Crippen LogP contribution in [-0.4, -0.2) is 46.4 Å². The van der Waals surface area contributed by atoms with Crippen molar-refractivity contribution in [1.29, 1.82) is 0 Å². The lowest BCUT2D eigenvalue weighted by atomic mass is 9.97. The van der Waals surface area contributed by atoms with Crippen molar-refractivity contribution in [3.05, 3.63) is 67.1 Å². The third-order valence-electron chi connectivity index (χ3n) is 5.96. The molecule has 186 valence electrons. The molecule has 5 rings (SSSR count). The number of thiazole rings is 1. The molecule has 1 aromatic carbocycles. The molecule has 36 heavy (non-hydrogen) atoms. The highest BCUT2D eigenvalue weighted by molar-refractivity contribution is 7.12. The van der Waals surface area contributed by atoms with Gasteiger partial charge in [0.25, 0.3) is 5.91 Å². The molecule has 1 aliphatic rings. The molecule has 4 heterocycles. The highest BCUT2D eigenvalue weighted by atomic mass is 35.5. The van der Waals surface area contributed by atoms with E-state index in [0.717, 1.165) is 39.7 Å². The molecule has 0 saturated carbocycles. The van der Waals surface area contributed by atoms with Crippen LogP contribution in [0.3, 0.4) is 0 Å². The zero-order valence-electron chi connectivity index (χ0n) is 19.3. The summed E-state index contributed by atoms with van der Waals surface area (Å²) in [6, 6.07) is 11.1. The van der Waals surface area contributed by atoms with Crippen LogP contribution < -0.4 is 0 Å². The number of oxime groups is 1. The Morgan fingerprint density at radius 1 is 1.17 bits per heavy atom. The van der Waals surface area contributed by atoms with Crippen LogP contribution in [0.25, 0.3) is 22.7 Å². The molecular formula is C25H22Cl2N4O3S2. The summed E-state index contributed by atoms with van der Waals surface area (Å²) in [7, 11) is 0. The minimum absolute atomic E-state index is 0.0486. The maximum atomic E-state index is 12.5. The molecule has 0 spiro atoms. The fraction of sp³-hybridized carbons (Fsp3) is 0.280. The van der Waals surface area contributed by atoms with E-state index in [1.807, 2.05) is 46.8 Å². The lowest BCUT2D eigenvalue weighted by molar-refractivity contribution is -0.137. The van der Waals surface area contributed by atoms with Gasteiger partial charge in [0, 0.05) is 36.0 Å². The summed E-state index contributed by atoms with van der Waals surface area (Å²) in [6.45, 7) is 3.15. The van der Waals surface area contributed by atoms with Crippen molar-refractivity contribution in [2.45, 2.75) is 25.7 Å². The number of piperidine rings is 1. The maximum absolute atomic E-state index is 12.5. The first-order valence-electron chi connectivity index (χ1n) is 11.3. The van der Waals surface area contributed by atoms with Crippen molar-refractivity contribution >= 4 is 57.5 Å². The second-order valence-electron chi connectivity index (χ2n) is 8.36. The van der Waals surface area contributed by atoms with Crippen LogP contribution in [0.2, 0.25) is 10.0 Å². The van der Waals surface area contributed by atoms with E-state index in [9.17, 15) is 4.79 Å². The zero-order chi connectivity index (χ0) is 25.1. The summed E-state index contributed by atoms with van der Waals surface area (Å²) in [6.07, 6.45) is 1.70. The Morgan fingerprint density at radius 2 is 2.00 bits per heavy atom. The SMILES string of the molecule is C/C(=N/OCC(=O)N1CCC(c2nc(-c3cc(-c4ccc(Cl)c(Cl)c4)no3)cs2)CC1)c1cccs1. The number of hydrogen-bond donors (Lipinski definition) is 0. The number of amides is 1. The van der Waals surface area contributed by atoms with Crippen LogP contribution in [-0.2, 0) is 9.63 Å². The number of carbonyl (C=O) groups excluding carboxylic acids is 1. The quantitative estimate of drug-likeness (QED) is 0.180. The van der Waals surface area contributed by atoms with Gasteiger partial charge in [0.15, 0.2) is 12.4 Å². The van der Waals surface area contributed by atoms with E-state index in [4.69, 9.17) is 37.5 Å². The molecule has 1 aliphatic heterocycles. The summed E-state index contributed by atoms with van der Waals surface area (Å²) in [5, 5.41) is 14.2. The van der Waals surface area contributed by atoms with Gasteiger partial charge in [-0.25, -0.2) is 4.98 Å². The van der Waals surface area contributed by atoms with Crippen molar-refractivity contribution < 1.29 is 14.2 Å². The van der Waals surface area contributed by atoms with Crippen LogP contribution in [0.4, 0.5) is 0 Å². The molecule has 0 unspecified atom stereocenters. The molecular weight excluding hydrogens is 539 g/mol. The van der Waals surface area contributed by atoms with Gasteiger partial charge in [0.2, 0.25) is 0 Å². The standard InChI is InChI=1S/C25H22Cl2N4O3S2/c1-15(23-3-2-10-35-23)29-33-13-24(32)31-8-6-16(7-9-31)25-28-21(14-36-25)22-12-20(30-34-22)17-4-5-18(26)19(27)11-17/h2-5,10-12,14,16H,6-9,13H2,1H3/b29-15-. The van der Waals surface area contributed by atoms with Gasteiger partial charge in [0.1, 0.15) is 11.4 Å². The summed E-state index contributed by atoms with van der Waals surface area (Å²) in [5.74, 6) is 0.847. The van der Waals surface area contributed by atoms with Gasteiger partial charge in [-0.1, -0.05) is 45.6 Å². The number of hydrogen-bond acceptors (Lipinski definition) is 8. The highest BCUT2D eigenvalue weighted by Crippen LogP contribution is 2.35. The van der Waals surface area contributed by atoms with E-state index in [1.54, 1.807) is 34.8 Å². The number of nitrogens with zero attached hydrogens (tertiary/aromatic N) is 4. The number of likely N-dealkylation sites (tertiary alicyclic amines) is 1. The number of carbonyl (C=O) groups is 1. The van der Waals surface area contributed by atoms with Crippen LogP contribution in [0.1, 0.15) is 35.6 Å². The summed E-state index contributed by atoms with van der Waals surface area (Å²) in [5.41, 5.74) is 3.01. The lowest BCUT2D eigenvalue weighted by Gasteiger charge is -2.30. The molecule has 0 aliphatic carbocycles. The van der Waals surface area contributed by atoms with Gasteiger partial charge in [-0.05, 0) is 43.3 Å². The first kappa shape index (κ1) is 25.0. The lowest BCUT2D eigenvalue weighted by Crippen LogP contribution is -2.39. The van der Waals surface area contributed by atoms with E-state index in [0.29, 0.717) is 40.5 Å². The average Bonchev–Trinajstić information content (AvgIpc) is 3.67. The van der Waals surface area contributed by atoms with Crippen molar-refractivity contribution in [2.75, 3.05) is 19.7 Å². The Labute approximate surface area is 226 Å². The minimum atomic E-state index is -0.0541. The number of rotatable bonds is 7. The van der Waals surface area contributed by atoms with Gasteiger partial charge < -0.3 is 14.3 Å². The van der Waals surface area contributed by atoms with Gasteiger partial charge in [-0.3, -0.25) is 4.79 Å². The topological polar surface area (TPSA) is 80.8 Å². The summed E-state index contributed by atoms with van der Waals surface area (Å²) >= 11 is 15.3. The van der Waals surface area contributed by atoms with Crippen molar-refractivity contribution in [3.8, 4) is 22.7 Å². The molecule has 0 atom stereocenters. The molecule has 11 heteroatoms. The fourth-order valence-electron chi connectivity index (χ4n) is 3.96. The summed E-state index contributed by atoms with van der Waals surface area (Å²) < 4.78 is 5.54. The van der Waals surface area contributed by atoms with E-state index >= 15 is 0 Å². The average molecular weight is 562 g/mol. The second kappa shape index (κ2) is 11.1. The van der Waals surface area contributed by atoms with E-state index in [2.05, 4.69) is 10.3 Å². The van der Waals surface area contributed by atoms with E-state index < -0.39 is 0 Å². The van der Waals surface area contributed by atoms with Crippen molar-refractivity contribution in [3.63, 3.8) is 0 Å². The minimum Gasteiger partial charge on any atom is -0.385 e. The van der Waals surface area contributed by atoms with Crippen LogP contribution in [0, 0.1) is 0 Å². The van der Waals surface area contributed by atoms with Crippen LogP contribution in [0.5, 0.6) is 0 Å².